The molecular weight excluding hydrogens is 290 g/mol. The Bertz CT molecular complexity index is 621. The van der Waals surface area contributed by atoms with E-state index in [1.165, 1.54) is 12.8 Å². The Balaban J connectivity index is 1.62. The van der Waals surface area contributed by atoms with Gasteiger partial charge in [0.2, 0.25) is 0 Å². The van der Waals surface area contributed by atoms with Crippen LogP contribution < -0.4 is 10.2 Å². The molecule has 1 atom stereocenters. The Morgan fingerprint density at radius 1 is 1.29 bits per heavy atom. The van der Waals surface area contributed by atoms with Gasteiger partial charge in [-0.05, 0) is 31.4 Å². The number of carbonyl (C=O) groups excluding carboxylic acids is 1. The highest BCUT2D eigenvalue weighted by Crippen LogP contribution is 2.19. The number of rotatable bonds is 3. The summed E-state index contributed by atoms with van der Waals surface area (Å²) in [5.74, 6) is -0.116. The van der Waals surface area contributed by atoms with Crippen molar-refractivity contribution in [1.29, 1.82) is 0 Å². The van der Waals surface area contributed by atoms with Crippen LogP contribution >= 0.6 is 0 Å². The first kappa shape index (κ1) is 14.3. The van der Waals surface area contributed by atoms with Gasteiger partial charge in [0.25, 0.3) is 5.91 Å². The largest absolute Gasteiger partial charge is 0.370 e. The second-order valence-corrected chi connectivity index (χ2v) is 7.90. The Labute approximate surface area is 124 Å². The van der Waals surface area contributed by atoms with Gasteiger partial charge in [-0.3, -0.25) is 4.79 Å². The SMILES string of the molecule is O=C(NC1CCS(=O)(=O)C1)c1ccc(N2CCCC2)cn1. The standard InChI is InChI=1S/C14H19N3O3S/c18-14(16-11-5-8-21(19,20)10-11)13-4-3-12(9-15-13)17-6-1-2-7-17/h3-4,9,11H,1-2,5-8,10H2,(H,16,18). The molecule has 2 saturated heterocycles. The van der Waals surface area contributed by atoms with E-state index in [1.807, 2.05) is 6.07 Å². The molecule has 2 aliphatic heterocycles. The van der Waals surface area contributed by atoms with Gasteiger partial charge in [0.1, 0.15) is 5.69 Å². The molecule has 2 aliphatic rings. The molecule has 0 aromatic carbocycles. The van der Waals surface area contributed by atoms with Gasteiger partial charge in [0, 0.05) is 19.1 Å². The van der Waals surface area contributed by atoms with Crippen LogP contribution in [0.3, 0.4) is 0 Å². The summed E-state index contributed by atoms with van der Waals surface area (Å²) in [7, 11) is -2.98. The first-order valence-corrected chi connectivity index (χ1v) is 9.08. The Morgan fingerprint density at radius 3 is 2.62 bits per heavy atom. The number of anilines is 1. The van der Waals surface area contributed by atoms with Crippen molar-refractivity contribution in [2.24, 2.45) is 0 Å². The topological polar surface area (TPSA) is 79.4 Å². The highest BCUT2D eigenvalue weighted by molar-refractivity contribution is 7.91. The fourth-order valence-corrected chi connectivity index (χ4v) is 4.52. The van der Waals surface area contributed by atoms with Crippen LogP contribution in [0.1, 0.15) is 29.8 Å². The van der Waals surface area contributed by atoms with E-state index in [-0.39, 0.29) is 23.5 Å². The maximum atomic E-state index is 12.1. The number of sulfone groups is 1. The fraction of sp³-hybridized carbons (Fsp3) is 0.571. The molecular formula is C14H19N3O3S. The molecule has 21 heavy (non-hydrogen) atoms. The minimum atomic E-state index is -2.98. The average Bonchev–Trinajstić information content (AvgIpc) is 3.09. The molecule has 3 heterocycles. The molecule has 7 heteroatoms. The summed E-state index contributed by atoms with van der Waals surface area (Å²) in [6.45, 7) is 2.07. The molecule has 1 aromatic rings. The highest BCUT2D eigenvalue weighted by Gasteiger charge is 2.29. The minimum absolute atomic E-state index is 0.0323. The Kier molecular flexibility index (Phi) is 3.84. The molecule has 0 aliphatic carbocycles. The molecule has 1 amide bonds. The maximum Gasteiger partial charge on any atom is 0.270 e. The van der Waals surface area contributed by atoms with Crippen LogP contribution in [0.2, 0.25) is 0 Å². The summed E-state index contributed by atoms with van der Waals surface area (Å²) in [5.41, 5.74) is 1.37. The lowest BCUT2D eigenvalue weighted by molar-refractivity contribution is 0.0936. The third-order valence-electron chi connectivity index (χ3n) is 4.02. The lowest BCUT2D eigenvalue weighted by atomic mass is 10.2. The predicted molar refractivity (Wildman–Crippen MR) is 80.2 cm³/mol. The van der Waals surface area contributed by atoms with Crippen LogP contribution in [-0.4, -0.2) is 49.9 Å². The van der Waals surface area contributed by atoms with Crippen LogP contribution in [0, 0.1) is 0 Å². The molecule has 2 fully saturated rings. The van der Waals surface area contributed by atoms with Crippen LogP contribution in [0.5, 0.6) is 0 Å². The number of hydrogen-bond donors (Lipinski definition) is 1. The summed E-state index contributed by atoms with van der Waals surface area (Å²) >= 11 is 0. The van der Waals surface area contributed by atoms with Gasteiger partial charge < -0.3 is 10.2 Å². The zero-order valence-electron chi connectivity index (χ0n) is 11.8. The first-order chi connectivity index (χ1) is 10.0. The van der Waals surface area contributed by atoms with Crippen molar-refractivity contribution >= 4 is 21.4 Å². The molecule has 1 aromatic heterocycles. The molecule has 1 N–H and O–H groups in total. The van der Waals surface area contributed by atoms with Gasteiger partial charge in [0.15, 0.2) is 9.84 Å². The fourth-order valence-electron chi connectivity index (χ4n) is 2.85. The molecule has 0 radical (unpaired) electrons. The molecule has 0 spiro atoms. The van der Waals surface area contributed by atoms with Crippen LogP contribution in [0.4, 0.5) is 5.69 Å². The number of hydrogen-bond acceptors (Lipinski definition) is 5. The number of aromatic nitrogens is 1. The van der Waals surface area contributed by atoms with Gasteiger partial charge in [-0.2, -0.15) is 0 Å². The summed E-state index contributed by atoms with van der Waals surface area (Å²) < 4.78 is 22.8. The number of nitrogens with zero attached hydrogens (tertiary/aromatic N) is 2. The molecule has 3 rings (SSSR count). The number of carbonyl (C=O) groups is 1. The summed E-state index contributed by atoms with van der Waals surface area (Å²) in [6, 6.07) is 3.31. The van der Waals surface area contributed by atoms with E-state index in [0.29, 0.717) is 12.1 Å². The van der Waals surface area contributed by atoms with Crippen molar-refractivity contribution in [1.82, 2.24) is 10.3 Å². The second-order valence-electron chi connectivity index (χ2n) is 5.67. The first-order valence-electron chi connectivity index (χ1n) is 7.26. The highest BCUT2D eigenvalue weighted by atomic mass is 32.2. The zero-order chi connectivity index (χ0) is 14.9. The molecule has 114 valence electrons. The molecule has 0 saturated carbocycles. The van der Waals surface area contributed by atoms with Crippen molar-refractivity contribution in [3.63, 3.8) is 0 Å². The predicted octanol–water partition coefficient (Wildman–Crippen LogP) is 0.599. The van der Waals surface area contributed by atoms with Crippen molar-refractivity contribution in [2.75, 3.05) is 29.5 Å². The number of amides is 1. The van der Waals surface area contributed by atoms with Crippen LogP contribution in [0.25, 0.3) is 0 Å². The summed E-state index contributed by atoms with van der Waals surface area (Å²) in [6.07, 6.45) is 4.59. The lowest BCUT2D eigenvalue weighted by Crippen LogP contribution is -2.36. The van der Waals surface area contributed by atoms with Crippen LogP contribution in [-0.2, 0) is 9.84 Å². The van der Waals surface area contributed by atoms with Crippen molar-refractivity contribution in [3.8, 4) is 0 Å². The Morgan fingerprint density at radius 2 is 2.05 bits per heavy atom. The number of pyridine rings is 1. The van der Waals surface area contributed by atoms with Gasteiger partial charge in [0.05, 0.1) is 23.4 Å². The summed E-state index contributed by atoms with van der Waals surface area (Å²) in [5, 5.41) is 2.75. The maximum absolute atomic E-state index is 12.1. The third-order valence-corrected chi connectivity index (χ3v) is 5.79. The molecule has 6 nitrogen and oxygen atoms in total. The van der Waals surface area contributed by atoms with Gasteiger partial charge in [-0.25, -0.2) is 13.4 Å². The average molecular weight is 309 g/mol. The van der Waals surface area contributed by atoms with Crippen LogP contribution in [0.15, 0.2) is 18.3 Å². The number of nitrogens with one attached hydrogen (secondary N) is 1. The summed E-state index contributed by atoms with van der Waals surface area (Å²) in [4.78, 5) is 18.5. The Hall–Kier alpha value is -1.63. The van der Waals surface area contributed by atoms with E-state index < -0.39 is 9.84 Å². The lowest BCUT2D eigenvalue weighted by Gasteiger charge is -2.17. The minimum Gasteiger partial charge on any atom is -0.370 e. The smallest absolute Gasteiger partial charge is 0.270 e. The van der Waals surface area contributed by atoms with E-state index in [2.05, 4.69) is 15.2 Å². The third kappa shape index (κ3) is 3.34. The van der Waals surface area contributed by atoms with E-state index >= 15 is 0 Å². The van der Waals surface area contributed by atoms with Gasteiger partial charge in [-0.1, -0.05) is 0 Å². The molecule has 1 unspecified atom stereocenters. The van der Waals surface area contributed by atoms with Crippen molar-refractivity contribution in [3.05, 3.63) is 24.0 Å². The van der Waals surface area contributed by atoms with E-state index in [9.17, 15) is 13.2 Å². The molecule has 0 bridgehead atoms. The van der Waals surface area contributed by atoms with Gasteiger partial charge in [-0.15, -0.1) is 0 Å². The van der Waals surface area contributed by atoms with Gasteiger partial charge >= 0.3 is 0 Å². The normalized spacial score (nSPS) is 24.2. The van der Waals surface area contributed by atoms with E-state index in [0.717, 1.165) is 18.8 Å². The van der Waals surface area contributed by atoms with Crippen molar-refractivity contribution in [2.45, 2.75) is 25.3 Å². The quantitative estimate of drug-likeness (QED) is 0.884. The zero-order valence-corrected chi connectivity index (χ0v) is 12.6. The van der Waals surface area contributed by atoms with Crippen molar-refractivity contribution < 1.29 is 13.2 Å². The van der Waals surface area contributed by atoms with E-state index in [4.69, 9.17) is 0 Å². The monoisotopic (exact) mass is 309 g/mol. The second kappa shape index (κ2) is 5.63. The van der Waals surface area contributed by atoms with E-state index in [1.54, 1.807) is 12.3 Å².